The summed E-state index contributed by atoms with van der Waals surface area (Å²) in [5.41, 5.74) is 8.01. The van der Waals surface area contributed by atoms with Crippen LogP contribution in [-0.4, -0.2) is 77.3 Å². The van der Waals surface area contributed by atoms with Crippen LogP contribution in [0, 0.1) is 17.7 Å². The summed E-state index contributed by atoms with van der Waals surface area (Å²) in [6, 6.07) is 17.6. The average molecular weight is 787 g/mol. The molecule has 1 fully saturated rings. The monoisotopic (exact) mass is 786 g/mol. The molecule has 0 unspecified atom stereocenters. The summed E-state index contributed by atoms with van der Waals surface area (Å²) >= 11 is 0. The van der Waals surface area contributed by atoms with Crippen molar-refractivity contribution in [2.75, 3.05) is 25.7 Å². The van der Waals surface area contributed by atoms with E-state index in [1.807, 2.05) is 67.3 Å². The van der Waals surface area contributed by atoms with E-state index in [4.69, 9.17) is 14.5 Å². The van der Waals surface area contributed by atoms with Crippen molar-refractivity contribution in [2.45, 2.75) is 76.9 Å². The maximum absolute atomic E-state index is 15.9. The fourth-order valence-electron chi connectivity index (χ4n) is 8.88. The number of carbonyl (C=O) groups excluding carboxylic acids is 4. The molecule has 4 aliphatic heterocycles. The molecule has 0 radical (unpaired) electrons. The number of nitrogens with zero attached hydrogens (tertiary/aromatic N) is 4. The highest BCUT2D eigenvalue weighted by Gasteiger charge is 2.43. The van der Waals surface area contributed by atoms with Gasteiger partial charge in [-0.25, -0.2) is 14.2 Å². The summed E-state index contributed by atoms with van der Waals surface area (Å²) in [4.78, 5) is 68.2. The molecule has 4 aromatic rings. The zero-order chi connectivity index (χ0) is 40.7. The number of amides is 3. The Kier molecular flexibility index (Phi) is 10.7. The number of anilines is 1. The van der Waals surface area contributed by atoms with Gasteiger partial charge < -0.3 is 24.7 Å². The zero-order valence-corrected chi connectivity index (χ0v) is 33.1. The lowest BCUT2D eigenvalue weighted by Gasteiger charge is -2.30. The first kappa shape index (κ1) is 38.7. The summed E-state index contributed by atoms with van der Waals surface area (Å²) in [7, 11) is 2.61. The molecule has 1 aromatic heterocycles. The van der Waals surface area contributed by atoms with Crippen molar-refractivity contribution in [1.82, 2.24) is 20.2 Å². The standard InChI is InChI=1S/C45H47FN6O6/c1-25(2)32(23-40(53)57-3)43(54)51-20-6-9-38(51)35-19-18-34(48-35)27-12-10-26(11-13-27)29-14-16-31(33(46)21-29)37-24-47-42(49-37)39-22-30-8-5-7-28-15-17-36(50-45(56)58-4)44(55)52(39)41(28)30/h5,7-8,10-14,16,18,21,24-25,32,36,38-39H,6,9,15,17,19-20,22-23H2,1-4H3,(H,47,49)(H,50,56)/t32-,36-,38-,39-/m0/s1. The third-order valence-corrected chi connectivity index (χ3v) is 12.0. The number of aryl methyl sites for hydroxylation is 1. The maximum Gasteiger partial charge on any atom is 0.407 e. The predicted octanol–water partition coefficient (Wildman–Crippen LogP) is 7.20. The Hall–Kier alpha value is -6.11. The molecular formula is C45H47FN6O6. The van der Waals surface area contributed by atoms with Gasteiger partial charge in [0.15, 0.2) is 0 Å². The minimum absolute atomic E-state index is 0.000510. The Labute approximate surface area is 336 Å². The van der Waals surface area contributed by atoms with Gasteiger partial charge in [-0.05, 0) is 71.6 Å². The lowest BCUT2D eigenvalue weighted by molar-refractivity contribution is -0.148. The van der Waals surface area contributed by atoms with Crippen LogP contribution in [0.2, 0.25) is 0 Å². The molecule has 58 heavy (non-hydrogen) atoms. The summed E-state index contributed by atoms with van der Waals surface area (Å²) in [5, 5.41) is 2.69. The number of nitrogens with one attached hydrogen (secondary N) is 2. The quantitative estimate of drug-likeness (QED) is 0.162. The van der Waals surface area contributed by atoms with Gasteiger partial charge in [-0.2, -0.15) is 0 Å². The molecular weight excluding hydrogens is 740 g/mol. The number of hydrogen-bond donors (Lipinski definition) is 2. The molecule has 8 rings (SSSR count). The molecule has 0 saturated carbocycles. The maximum atomic E-state index is 15.9. The molecule has 3 amide bonds. The largest absolute Gasteiger partial charge is 0.469 e. The Morgan fingerprint density at radius 1 is 0.966 bits per heavy atom. The molecule has 0 spiro atoms. The summed E-state index contributed by atoms with van der Waals surface area (Å²) in [5.74, 6) is -0.976. The Morgan fingerprint density at radius 3 is 2.47 bits per heavy atom. The summed E-state index contributed by atoms with van der Waals surface area (Å²) in [6.07, 6.45) is 7.02. The number of halogens is 1. The van der Waals surface area contributed by atoms with Crippen LogP contribution >= 0.6 is 0 Å². The van der Waals surface area contributed by atoms with E-state index >= 15 is 4.39 Å². The molecule has 12 nitrogen and oxygen atoms in total. The van der Waals surface area contributed by atoms with Crippen molar-refractivity contribution >= 4 is 41.0 Å². The lowest BCUT2D eigenvalue weighted by atomic mass is 9.90. The second kappa shape index (κ2) is 16.0. The van der Waals surface area contributed by atoms with Crippen LogP contribution in [0.1, 0.15) is 74.5 Å². The van der Waals surface area contributed by atoms with Crippen LogP contribution in [0.4, 0.5) is 14.9 Å². The second-order valence-electron chi connectivity index (χ2n) is 15.8. The Morgan fingerprint density at radius 2 is 1.72 bits per heavy atom. The number of aliphatic imine (C=N–C) groups is 1. The molecule has 0 bridgehead atoms. The third-order valence-electron chi connectivity index (χ3n) is 12.0. The van der Waals surface area contributed by atoms with Crippen LogP contribution in [0.5, 0.6) is 0 Å². The van der Waals surface area contributed by atoms with Crippen molar-refractivity contribution in [2.24, 2.45) is 16.8 Å². The third kappa shape index (κ3) is 7.29. The SMILES string of the molecule is COC(=O)C[C@H](C(=O)N1CCC[C@H]1C1=NC(c2ccc(-c3ccc(-c4cnc([C@@H]5Cc6cccc7c6N5C(=O)[C@@H](NC(=O)OC)CC7)[nH]4)c(F)c3)cc2)=CC1)C(C)C. The van der Waals surface area contributed by atoms with Gasteiger partial charge in [0.2, 0.25) is 11.8 Å². The molecule has 13 heteroatoms. The van der Waals surface area contributed by atoms with Crippen molar-refractivity contribution < 1.29 is 33.0 Å². The van der Waals surface area contributed by atoms with E-state index in [-0.39, 0.29) is 36.2 Å². The van der Waals surface area contributed by atoms with Gasteiger partial charge in [-0.15, -0.1) is 0 Å². The van der Waals surface area contributed by atoms with Gasteiger partial charge >= 0.3 is 12.1 Å². The molecule has 5 heterocycles. The van der Waals surface area contributed by atoms with Crippen molar-refractivity contribution in [1.29, 1.82) is 0 Å². The van der Waals surface area contributed by atoms with E-state index < -0.39 is 29.9 Å². The lowest BCUT2D eigenvalue weighted by Crippen LogP contribution is -2.48. The van der Waals surface area contributed by atoms with E-state index in [0.717, 1.165) is 52.2 Å². The fraction of sp³-hybridized carbons (Fsp3) is 0.378. The second-order valence-corrected chi connectivity index (χ2v) is 15.8. The first-order valence-corrected chi connectivity index (χ1v) is 19.9. The molecule has 0 aliphatic carbocycles. The predicted molar refractivity (Wildman–Crippen MR) is 217 cm³/mol. The highest BCUT2D eigenvalue weighted by Crippen LogP contribution is 2.45. The molecule has 4 aliphatic rings. The Bertz CT molecular complexity index is 2330. The van der Waals surface area contributed by atoms with E-state index in [2.05, 4.69) is 21.4 Å². The highest BCUT2D eigenvalue weighted by molar-refractivity contribution is 6.03. The van der Waals surface area contributed by atoms with E-state index in [1.165, 1.54) is 20.3 Å². The van der Waals surface area contributed by atoms with Gasteiger partial charge in [0.05, 0.1) is 61.9 Å². The number of aromatic nitrogens is 2. The van der Waals surface area contributed by atoms with Gasteiger partial charge in [-0.3, -0.25) is 24.3 Å². The number of para-hydroxylation sites is 1. The minimum atomic E-state index is -0.758. The van der Waals surface area contributed by atoms with Crippen LogP contribution in [0.3, 0.4) is 0 Å². The van der Waals surface area contributed by atoms with Gasteiger partial charge in [-0.1, -0.05) is 68.5 Å². The molecule has 4 atom stereocenters. The number of benzene rings is 3. The van der Waals surface area contributed by atoms with Crippen LogP contribution < -0.4 is 10.2 Å². The molecule has 2 N–H and O–H groups in total. The number of imidazole rings is 1. The fourth-order valence-corrected chi connectivity index (χ4v) is 8.88. The highest BCUT2D eigenvalue weighted by atomic mass is 19.1. The summed E-state index contributed by atoms with van der Waals surface area (Å²) < 4.78 is 25.5. The van der Waals surface area contributed by atoms with Gasteiger partial charge in [0.1, 0.15) is 17.7 Å². The number of hydrogen-bond acceptors (Lipinski definition) is 8. The minimum Gasteiger partial charge on any atom is -0.469 e. The van der Waals surface area contributed by atoms with Crippen molar-refractivity contribution in [3.8, 4) is 22.4 Å². The number of methoxy groups -OCH3 is 2. The number of carbonyl (C=O) groups is 4. The normalized spacial score (nSPS) is 20.4. The molecule has 3 aromatic carbocycles. The number of esters is 1. The van der Waals surface area contributed by atoms with E-state index in [1.54, 1.807) is 17.2 Å². The van der Waals surface area contributed by atoms with Crippen molar-refractivity contribution in [3.63, 3.8) is 0 Å². The average Bonchev–Trinajstić information content (AvgIpc) is 4.06. The first-order valence-electron chi connectivity index (χ1n) is 19.9. The smallest absolute Gasteiger partial charge is 0.407 e. The van der Waals surface area contributed by atoms with E-state index in [9.17, 15) is 19.2 Å². The first-order chi connectivity index (χ1) is 28.0. The van der Waals surface area contributed by atoms with Gasteiger partial charge in [0.25, 0.3) is 0 Å². The number of aromatic amines is 1. The molecule has 300 valence electrons. The van der Waals surface area contributed by atoms with Gasteiger partial charge in [0, 0.05) is 30.7 Å². The van der Waals surface area contributed by atoms with Crippen molar-refractivity contribution in [3.05, 3.63) is 101 Å². The van der Waals surface area contributed by atoms with Crippen LogP contribution in [0.15, 0.2) is 77.9 Å². The zero-order valence-electron chi connectivity index (χ0n) is 33.1. The topological polar surface area (TPSA) is 146 Å². The van der Waals surface area contributed by atoms with Crippen LogP contribution in [0.25, 0.3) is 28.1 Å². The number of ether oxygens (including phenoxy) is 2. The number of alkyl carbamates (subject to hydrolysis) is 1. The Balaban J connectivity index is 0.962. The number of allylic oxidation sites excluding steroid dienone is 1. The number of likely N-dealkylation sites (tertiary alicyclic amines) is 1. The summed E-state index contributed by atoms with van der Waals surface area (Å²) in [6.45, 7) is 4.56. The van der Waals surface area contributed by atoms with Crippen LogP contribution in [-0.2, 0) is 36.7 Å². The van der Waals surface area contributed by atoms with E-state index in [0.29, 0.717) is 54.9 Å². The number of H-pyrrole nitrogens is 1. The molecule has 1 saturated heterocycles. The number of rotatable bonds is 10.